The van der Waals surface area contributed by atoms with Crippen molar-refractivity contribution >= 4 is 5.91 Å². The average molecular weight is 361 g/mol. The molecule has 0 saturated carbocycles. The average Bonchev–Trinajstić information content (AvgIpc) is 3.30. The van der Waals surface area contributed by atoms with Crippen LogP contribution in [0.5, 0.6) is 0 Å². The van der Waals surface area contributed by atoms with Crippen LogP contribution in [0.2, 0.25) is 0 Å². The van der Waals surface area contributed by atoms with E-state index >= 15 is 0 Å². The number of carbonyl (C=O) groups is 1. The molecule has 1 aromatic heterocycles. The number of carbonyl (C=O) groups excluding carboxylic acids is 1. The molecule has 1 atom stereocenters. The fourth-order valence-electron chi connectivity index (χ4n) is 3.55. The van der Waals surface area contributed by atoms with Crippen molar-refractivity contribution in [3.63, 3.8) is 0 Å². The third-order valence-corrected chi connectivity index (χ3v) is 5.15. The number of benzene rings is 2. The van der Waals surface area contributed by atoms with Crippen molar-refractivity contribution in [3.8, 4) is 11.4 Å². The minimum atomic E-state index is -0.0281. The highest BCUT2D eigenvalue weighted by atomic mass is 16.5. The second-order valence-electron chi connectivity index (χ2n) is 7.25. The number of aryl methyl sites for hydroxylation is 2. The van der Waals surface area contributed by atoms with E-state index in [2.05, 4.69) is 40.5 Å². The smallest absolute Gasteiger partial charge is 0.232 e. The van der Waals surface area contributed by atoms with Crippen LogP contribution in [-0.4, -0.2) is 34.0 Å². The van der Waals surface area contributed by atoms with Gasteiger partial charge in [0.2, 0.25) is 17.6 Å². The van der Waals surface area contributed by atoms with Gasteiger partial charge in [-0.05, 0) is 37.5 Å². The van der Waals surface area contributed by atoms with Crippen LogP contribution in [0, 0.1) is 13.8 Å². The van der Waals surface area contributed by atoms with E-state index in [4.69, 9.17) is 4.52 Å². The first kappa shape index (κ1) is 17.5. The highest BCUT2D eigenvalue weighted by Gasteiger charge is 2.34. The Kier molecular flexibility index (Phi) is 4.75. The van der Waals surface area contributed by atoms with Crippen molar-refractivity contribution in [2.75, 3.05) is 13.1 Å². The van der Waals surface area contributed by atoms with Crippen LogP contribution in [0.3, 0.4) is 0 Å². The van der Waals surface area contributed by atoms with Crippen molar-refractivity contribution in [3.05, 3.63) is 71.1 Å². The first-order valence-electron chi connectivity index (χ1n) is 9.33. The zero-order valence-corrected chi connectivity index (χ0v) is 15.7. The van der Waals surface area contributed by atoms with E-state index in [1.807, 2.05) is 36.9 Å². The molecule has 1 amide bonds. The van der Waals surface area contributed by atoms with Crippen LogP contribution in [0.4, 0.5) is 0 Å². The molecule has 5 nitrogen and oxygen atoms in total. The number of amides is 1. The van der Waals surface area contributed by atoms with Crippen molar-refractivity contribution in [2.24, 2.45) is 0 Å². The molecule has 2 aromatic carbocycles. The van der Waals surface area contributed by atoms with Crippen molar-refractivity contribution in [2.45, 2.75) is 32.6 Å². The fourth-order valence-corrected chi connectivity index (χ4v) is 3.55. The van der Waals surface area contributed by atoms with Gasteiger partial charge >= 0.3 is 0 Å². The van der Waals surface area contributed by atoms with E-state index < -0.39 is 0 Å². The number of nitrogens with zero attached hydrogens (tertiary/aromatic N) is 3. The van der Waals surface area contributed by atoms with Crippen LogP contribution in [-0.2, 0) is 11.2 Å². The van der Waals surface area contributed by atoms with Gasteiger partial charge in [0.05, 0.1) is 5.92 Å². The van der Waals surface area contributed by atoms with Crippen molar-refractivity contribution < 1.29 is 9.32 Å². The van der Waals surface area contributed by atoms with Gasteiger partial charge in [0.25, 0.3) is 0 Å². The molecular formula is C22H23N3O2. The summed E-state index contributed by atoms with van der Waals surface area (Å²) in [6.07, 6.45) is 1.29. The predicted octanol–water partition coefficient (Wildman–Crippen LogP) is 3.91. The summed E-state index contributed by atoms with van der Waals surface area (Å²) in [4.78, 5) is 18.9. The summed E-state index contributed by atoms with van der Waals surface area (Å²) < 4.78 is 5.52. The van der Waals surface area contributed by atoms with E-state index in [1.54, 1.807) is 0 Å². The molecule has 1 saturated heterocycles. The third kappa shape index (κ3) is 3.77. The Morgan fingerprint density at radius 2 is 1.96 bits per heavy atom. The third-order valence-electron chi connectivity index (χ3n) is 5.15. The van der Waals surface area contributed by atoms with Gasteiger partial charge in [-0.15, -0.1) is 0 Å². The van der Waals surface area contributed by atoms with Crippen LogP contribution in [0.1, 0.15) is 34.9 Å². The van der Waals surface area contributed by atoms with E-state index in [0.29, 0.717) is 24.7 Å². The van der Waals surface area contributed by atoms with E-state index in [-0.39, 0.29) is 11.8 Å². The van der Waals surface area contributed by atoms with Gasteiger partial charge in [-0.2, -0.15) is 4.98 Å². The van der Waals surface area contributed by atoms with Gasteiger partial charge in [0, 0.05) is 25.1 Å². The lowest BCUT2D eigenvalue weighted by atomic mass is 10.1. The first-order valence-corrected chi connectivity index (χ1v) is 9.33. The molecule has 3 aromatic rings. The monoisotopic (exact) mass is 361 g/mol. The number of hydrogen-bond acceptors (Lipinski definition) is 4. The van der Waals surface area contributed by atoms with E-state index in [1.165, 1.54) is 5.56 Å². The lowest BCUT2D eigenvalue weighted by molar-refractivity contribution is -0.127. The van der Waals surface area contributed by atoms with Crippen LogP contribution in [0.25, 0.3) is 11.4 Å². The second kappa shape index (κ2) is 7.35. The molecule has 0 radical (unpaired) electrons. The Balaban J connectivity index is 1.45. The minimum absolute atomic E-state index is 0.0281. The molecule has 0 bridgehead atoms. The minimum Gasteiger partial charge on any atom is -0.342 e. The highest BCUT2D eigenvalue weighted by molar-refractivity contribution is 5.79. The van der Waals surface area contributed by atoms with Gasteiger partial charge in [0.15, 0.2) is 0 Å². The molecular weight excluding hydrogens is 338 g/mol. The van der Waals surface area contributed by atoms with E-state index in [0.717, 1.165) is 29.7 Å². The summed E-state index contributed by atoms with van der Waals surface area (Å²) in [6.45, 7) is 5.44. The molecule has 0 spiro atoms. The van der Waals surface area contributed by atoms with E-state index in [9.17, 15) is 4.79 Å². The summed E-state index contributed by atoms with van der Waals surface area (Å²) in [5.74, 6) is 1.28. The molecule has 5 heteroatoms. The van der Waals surface area contributed by atoms with Gasteiger partial charge in [-0.1, -0.05) is 53.2 Å². The predicted molar refractivity (Wildman–Crippen MR) is 103 cm³/mol. The zero-order chi connectivity index (χ0) is 18.8. The maximum Gasteiger partial charge on any atom is 0.232 e. The molecule has 1 unspecified atom stereocenters. The summed E-state index contributed by atoms with van der Waals surface area (Å²) in [5.41, 5.74) is 4.49. The number of rotatable bonds is 5. The van der Waals surface area contributed by atoms with Crippen LogP contribution < -0.4 is 0 Å². The Bertz CT molecular complexity index is 949. The number of likely N-dealkylation sites (tertiary alicyclic amines) is 1. The Hall–Kier alpha value is -2.95. The molecule has 0 N–H and O–H groups in total. The highest BCUT2D eigenvalue weighted by Crippen LogP contribution is 2.29. The molecule has 2 heterocycles. The molecule has 4 rings (SSSR count). The molecule has 138 valence electrons. The largest absolute Gasteiger partial charge is 0.342 e. The quantitative estimate of drug-likeness (QED) is 0.691. The zero-order valence-electron chi connectivity index (χ0n) is 15.7. The summed E-state index contributed by atoms with van der Waals surface area (Å²) in [6, 6.07) is 16.4. The maximum absolute atomic E-state index is 12.4. The molecule has 27 heavy (non-hydrogen) atoms. The summed E-state index contributed by atoms with van der Waals surface area (Å²) >= 11 is 0. The van der Waals surface area contributed by atoms with Crippen molar-refractivity contribution in [1.29, 1.82) is 0 Å². The number of hydrogen-bond donors (Lipinski definition) is 0. The SMILES string of the molecule is Cc1ccc(C)c(-c2noc(C3CC(=O)N(CCc4ccccc4)C3)n2)c1. The topological polar surface area (TPSA) is 59.2 Å². The van der Waals surface area contributed by atoms with Crippen molar-refractivity contribution in [1.82, 2.24) is 15.0 Å². The molecule has 1 aliphatic heterocycles. The molecule has 0 aliphatic carbocycles. The Labute approximate surface area is 159 Å². The van der Waals surface area contributed by atoms with Crippen LogP contribution in [0.15, 0.2) is 53.1 Å². The van der Waals surface area contributed by atoms with Gasteiger partial charge in [-0.25, -0.2) is 0 Å². The molecule has 1 aliphatic rings. The first-order chi connectivity index (χ1) is 13.1. The van der Waals surface area contributed by atoms with Gasteiger partial charge in [-0.3, -0.25) is 4.79 Å². The number of aromatic nitrogens is 2. The van der Waals surface area contributed by atoms with Gasteiger partial charge in [0.1, 0.15) is 0 Å². The molecule has 1 fully saturated rings. The van der Waals surface area contributed by atoms with Crippen LogP contribution >= 0.6 is 0 Å². The summed E-state index contributed by atoms with van der Waals surface area (Å²) in [5, 5.41) is 4.16. The standard InChI is InChI=1S/C22H23N3O2/c1-15-8-9-16(2)19(12-15)21-23-22(27-24-21)18-13-20(26)25(14-18)11-10-17-6-4-3-5-7-17/h3-9,12,18H,10-11,13-14H2,1-2H3. The lowest BCUT2D eigenvalue weighted by Crippen LogP contribution is -2.27. The summed E-state index contributed by atoms with van der Waals surface area (Å²) in [7, 11) is 0. The normalized spacial score (nSPS) is 16.9. The lowest BCUT2D eigenvalue weighted by Gasteiger charge is -2.15. The van der Waals surface area contributed by atoms with Gasteiger partial charge < -0.3 is 9.42 Å². The Morgan fingerprint density at radius 1 is 1.15 bits per heavy atom. The second-order valence-corrected chi connectivity index (χ2v) is 7.25. The maximum atomic E-state index is 12.4. The fraction of sp³-hybridized carbons (Fsp3) is 0.318. The Morgan fingerprint density at radius 3 is 2.78 bits per heavy atom.